The van der Waals surface area contributed by atoms with E-state index in [9.17, 15) is 22.4 Å². The van der Waals surface area contributed by atoms with Crippen molar-refractivity contribution in [2.75, 3.05) is 0 Å². The van der Waals surface area contributed by atoms with Crippen LogP contribution >= 0.6 is 0 Å². The molecular weight excluding hydrogens is 324 g/mol. The van der Waals surface area contributed by atoms with Gasteiger partial charge in [0.25, 0.3) is 0 Å². The van der Waals surface area contributed by atoms with Crippen molar-refractivity contribution in [3.05, 3.63) is 47.8 Å². The van der Waals surface area contributed by atoms with Crippen LogP contribution in [0.4, 0.5) is 17.6 Å². The van der Waals surface area contributed by atoms with Crippen LogP contribution in [0.2, 0.25) is 0 Å². The van der Waals surface area contributed by atoms with Crippen molar-refractivity contribution in [3.63, 3.8) is 0 Å². The molecule has 128 valence electrons. The fourth-order valence-electron chi connectivity index (χ4n) is 3.20. The highest BCUT2D eigenvalue weighted by Crippen LogP contribution is 2.44. The summed E-state index contributed by atoms with van der Waals surface area (Å²) in [6.45, 7) is 3.13. The van der Waals surface area contributed by atoms with Gasteiger partial charge in [-0.2, -0.15) is 18.2 Å². The monoisotopic (exact) mass is 340 g/mol. The number of benzene rings is 2. The zero-order chi connectivity index (χ0) is 17.7. The highest BCUT2D eigenvalue weighted by molar-refractivity contribution is 5.87. The van der Waals surface area contributed by atoms with Crippen LogP contribution in [0, 0.1) is 5.82 Å². The van der Waals surface area contributed by atoms with Crippen LogP contribution in [0.3, 0.4) is 0 Å². The SMILES string of the molecule is CC1(C)CC(=O)NN1[C@@H](c1ccc(F)c2ccccc12)C(F)(F)F. The Morgan fingerprint density at radius 2 is 1.75 bits per heavy atom. The normalized spacial score (nSPS) is 19.5. The summed E-state index contributed by atoms with van der Waals surface area (Å²) in [5.74, 6) is -1.05. The lowest BCUT2D eigenvalue weighted by atomic mass is 9.93. The largest absolute Gasteiger partial charge is 0.409 e. The summed E-state index contributed by atoms with van der Waals surface area (Å²) < 4.78 is 55.6. The fraction of sp³-hybridized carbons (Fsp3) is 0.353. The molecule has 1 saturated heterocycles. The van der Waals surface area contributed by atoms with Gasteiger partial charge in [-0.25, -0.2) is 4.39 Å². The van der Waals surface area contributed by atoms with Gasteiger partial charge in [0, 0.05) is 17.3 Å². The Hall–Kier alpha value is -2.15. The molecule has 7 heteroatoms. The van der Waals surface area contributed by atoms with E-state index in [2.05, 4.69) is 5.43 Å². The highest BCUT2D eigenvalue weighted by Gasteiger charge is 2.53. The van der Waals surface area contributed by atoms with Gasteiger partial charge in [0.2, 0.25) is 5.91 Å². The summed E-state index contributed by atoms with van der Waals surface area (Å²) in [6, 6.07) is 6.13. The number of amides is 1. The maximum absolute atomic E-state index is 14.0. The number of fused-ring (bicyclic) bond motifs is 1. The van der Waals surface area contributed by atoms with Crippen LogP contribution < -0.4 is 5.43 Å². The van der Waals surface area contributed by atoms with Crippen LogP contribution in [-0.2, 0) is 4.79 Å². The summed E-state index contributed by atoms with van der Waals surface area (Å²) in [6.07, 6.45) is -4.69. The van der Waals surface area contributed by atoms with Crippen molar-refractivity contribution in [2.24, 2.45) is 0 Å². The molecule has 0 spiro atoms. The fourth-order valence-corrected chi connectivity index (χ4v) is 3.20. The van der Waals surface area contributed by atoms with E-state index in [1.807, 2.05) is 0 Å². The number of nitrogens with zero attached hydrogens (tertiary/aromatic N) is 1. The van der Waals surface area contributed by atoms with Crippen molar-refractivity contribution >= 4 is 16.7 Å². The Morgan fingerprint density at radius 3 is 2.29 bits per heavy atom. The number of hydrogen-bond acceptors (Lipinski definition) is 2. The molecule has 3 nitrogen and oxygen atoms in total. The number of hydrazine groups is 1. The van der Waals surface area contributed by atoms with E-state index < -0.39 is 29.5 Å². The molecule has 2 aromatic rings. The van der Waals surface area contributed by atoms with Gasteiger partial charge in [0.15, 0.2) is 6.04 Å². The van der Waals surface area contributed by atoms with E-state index in [1.165, 1.54) is 12.1 Å². The molecule has 0 unspecified atom stereocenters. The number of nitrogens with one attached hydrogen (secondary N) is 1. The molecule has 2 aromatic carbocycles. The molecule has 1 atom stereocenters. The molecule has 24 heavy (non-hydrogen) atoms. The average molecular weight is 340 g/mol. The minimum absolute atomic E-state index is 0.0429. The summed E-state index contributed by atoms with van der Waals surface area (Å²) in [5, 5.41) is 1.22. The lowest BCUT2D eigenvalue weighted by Gasteiger charge is -2.38. The Kier molecular flexibility index (Phi) is 3.79. The Bertz CT molecular complexity index is 801. The summed E-state index contributed by atoms with van der Waals surface area (Å²) in [7, 11) is 0. The zero-order valence-corrected chi connectivity index (χ0v) is 13.1. The van der Waals surface area contributed by atoms with Gasteiger partial charge in [-0.05, 0) is 30.9 Å². The van der Waals surface area contributed by atoms with Crippen molar-refractivity contribution in [3.8, 4) is 0 Å². The van der Waals surface area contributed by atoms with Crippen LogP contribution in [0.1, 0.15) is 31.9 Å². The van der Waals surface area contributed by atoms with E-state index in [1.54, 1.807) is 26.0 Å². The first-order chi connectivity index (χ1) is 11.1. The highest BCUT2D eigenvalue weighted by atomic mass is 19.4. The summed E-state index contributed by atoms with van der Waals surface area (Å²) in [4.78, 5) is 11.7. The van der Waals surface area contributed by atoms with Gasteiger partial charge in [0.1, 0.15) is 5.82 Å². The average Bonchev–Trinajstić information content (AvgIpc) is 2.73. The van der Waals surface area contributed by atoms with Gasteiger partial charge in [0.05, 0.1) is 0 Å². The van der Waals surface area contributed by atoms with Gasteiger partial charge < -0.3 is 0 Å². The van der Waals surface area contributed by atoms with E-state index in [4.69, 9.17) is 0 Å². The molecule has 0 aliphatic carbocycles. The van der Waals surface area contributed by atoms with Crippen LogP contribution in [0.25, 0.3) is 10.8 Å². The van der Waals surface area contributed by atoms with Crippen molar-refractivity contribution in [1.29, 1.82) is 0 Å². The second-order valence-electron chi connectivity index (χ2n) is 6.52. The van der Waals surface area contributed by atoms with Crippen LogP contribution in [0.5, 0.6) is 0 Å². The smallest absolute Gasteiger partial charge is 0.287 e. The van der Waals surface area contributed by atoms with Crippen molar-refractivity contribution < 1.29 is 22.4 Å². The first-order valence-corrected chi connectivity index (χ1v) is 7.44. The number of carbonyl (C=O) groups excluding carboxylic acids is 1. The van der Waals surface area contributed by atoms with Gasteiger partial charge in [-0.1, -0.05) is 30.3 Å². The van der Waals surface area contributed by atoms with Crippen molar-refractivity contribution in [2.45, 2.75) is 38.0 Å². The molecule has 1 aliphatic heterocycles. The van der Waals surface area contributed by atoms with Crippen LogP contribution in [-0.4, -0.2) is 22.6 Å². The number of hydrogen-bond donors (Lipinski definition) is 1. The number of halogens is 4. The third-order valence-electron chi connectivity index (χ3n) is 4.26. The van der Waals surface area contributed by atoms with Gasteiger partial charge in [-0.15, -0.1) is 0 Å². The Morgan fingerprint density at radius 1 is 1.12 bits per heavy atom. The minimum atomic E-state index is -4.64. The van der Waals surface area contributed by atoms with Gasteiger partial charge in [-0.3, -0.25) is 10.2 Å². The maximum atomic E-state index is 14.0. The number of rotatable bonds is 2. The van der Waals surface area contributed by atoms with E-state index in [0.717, 1.165) is 17.1 Å². The molecule has 3 rings (SSSR count). The first-order valence-electron chi connectivity index (χ1n) is 7.44. The maximum Gasteiger partial charge on any atom is 0.409 e. The number of carbonyl (C=O) groups is 1. The Labute approximate surface area is 136 Å². The second kappa shape index (κ2) is 5.44. The first kappa shape index (κ1) is 16.7. The molecule has 0 bridgehead atoms. The predicted molar refractivity (Wildman–Crippen MR) is 81.4 cm³/mol. The quantitative estimate of drug-likeness (QED) is 0.835. The molecular formula is C17H16F4N2O. The molecule has 0 saturated carbocycles. The zero-order valence-electron chi connectivity index (χ0n) is 13.1. The van der Waals surface area contributed by atoms with E-state index in [-0.39, 0.29) is 22.8 Å². The lowest BCUT2D eigenvalue weighted by molar-refractivity contribution is -0.203. The lowest BCUT2D eigenvalue weighted by Crippen LogP contribution is -2.51. The minimum Gasteiger partial charge on any atom is -0.287 e. The van der Waals surface area contributed by atoms with Gasteiger partial charge >= 0.3 is 6.18 Å². The molecule has 1 aliphatic rings. The molecule has 1 N–H and O–H groups in total. The van der Waals surface area contributed by atoms with E-state index >= 15 is 0 Å². The molecule has 0 radical (unpaired) electrons. The third-order valence-corrected chi connectivity index (χ3v) is 4.26. The molecule has 1 heterocycles. The molecule has 1 amide bonds. The predicted octanol–water partition coefficient (Wildman–Crippen LogP) is 4.10. The van der Waals surface area contributed by atoms with Crippen LogP contribution in [0.15, 0.2) is 36.4 Å². The summed E-state index contributed by atoms with van der Waals surface area (Å²) in [5.41, 5.74) is 1.20. The molecule has 0 aromatic heterocycles. The molecule has 1 fully saturated rings. The summed E-state index contributed by atoms with van der Waals surface area (Å²) >= 11 is 0. The number of alkyl halides is 3. The Balaban J connectivity index is 2.22. The standard InChI is InChI=1S/C17H16F4N2O/c1-16(2)9-14(24)22-23(16)15(17(19,20)21)12-7-8-13(18)11-6-4-3-5-10(11)12/h3-8,15H,9H2,1-2H3,(H,22,24)/t15-/m0/s1. The third kappa shape index (κ3) is 2.73. The second-order valence-corrected chi connectivity index (χ2v) is 6.52. The topological polar surface area (TPSA) is 32.3 Å². The van der Waals surface area contributed by atoms with E-state index in [0.29, 0.717) is 0 Å². The van der Waals surface area contributed by atoms with Crippen molar-refractivity contribution in [1.82, 2.24) is 10.4 Å².